The van der Waals surface area contributed by atoms with Crippen molar-refractivity contribution in [3.63, 3.8) is 0 Å². The quantitative estimate of drug-likeness (QED) is 0.722. The van der Waals surface area contributed by atoms with Crippen LogP contribution in [-0.2, 0) is 9.53 Å². The zero-order chi connectivity index (χ0) is 17.9. The van der Waals surface area contributed by atoms with Crippen LogP contribution in [-0.4, -0.2) is 28.6 Å². The van der Waals surface area contributed by atoms with Crippen LogP contribution in [0.2, 0.25) is 5.02 Å². The molecule has 6 nitrogen and oxygen atoms in total. The van der Waals surface area contributed by atoms with Crippen molar-refractivity contribution in [3.05, 3.63) is 51.8 Å². The number of para-hydroxylation sites is 1. The summed E-state index contributed by atoms with van der Waals surface area (Å²) in [6, 6.07) is 6.77. The van der Waals surface area contributed by atoms with Gasteiger partial charge in [0.15, 0.2) is 6.61 Å². The maximum Gasteiger partial charge on any atom is 0.355 e. The van der Waals surface area contributed by atoms with E-state index in [-0.39, 0.29) is 5.69 Å². The number of H-pyrrole nitrogens is 1. The summed E-state index contributed by atoms with van der Waals surface area (Å²) in [6.45, 7) is 4.66. The van der Waals surface area contributed by atoms with Gasteiger partial charge in [-0.3, -0.25) is 4.79 Å². The molecule has 1 aromatic heterocycles. The van der Waals surface area contributed by atoms with Gasteiger partial charge in [-0.25, -0.2) is 4.79 Å². The molecule has 128 valence electrons. The molecule has 0 spiro atoms. The normalized spacial score (nSPS) is 11.9. The second kappa shape index (κ2) is 7.51. The summed E-state index contributed by atoms with van der Waals surface area (Å²) >= 11 is 5.95. The topological polar surface area (TPSA) is 91.4 Å². The highest BCUT2D eigenvalue weighted by atomic mass is 35.5. The number of hydrogen-bond donors (Lipinski definition) is 3. The van der Waals surface area contributed by atoms with E-state index < -0.39 is 24.6 Å². The third-order valence-electron chi connectivity index (χ3n) is 3.60. The van der Waals surface area contributed by atoms with Crippen LogP contribution in [0.3, 0.4) is 0 Å². The summed E-state index contributed by atoms with van der Waals surface area (Å²) in [5.41, 5.74) is 2.63. The molecule has 0 aliphatic carbocycles. The number of aliphatic hydroxyl groups is 1. The first kappa shape index (κ1) is 18.0. The van der Waals surface area contributed by atoms with Crippen molar-refractivity contribution in [2.75, 3.05) is 11.9 Å². The molecule has 1 aromatic carbocycles. The fraction of sp³-hybridized carbons (Fsp3) is 0.294. The van der Waals surface area contributed by atoms with Gasteiger partial charge in [0.2, 0.25) is 0 Å². The Morgan fingerprint density at radius 2 is 2.00 bits per heavy atom. The van der Waals surface area contributed by atoms with Crippen molar-refractivity contribution in [2.24, 2.45) is 0 Å². The van der Waals surface area contributed by atoms with Gasteiger partial charge in [0.25, 0.3) is 5.91 Å². The first-order valence-electron chi connectivity index (χ1n) is 7.40. The van der Waals surface area contributed by atoms with Crippen LogP contribution in [0, 0.1) is 13.8 Å². The van der Waals surface area contributed by atoms with Gasteiger partial charge < -0.3 is 20.1 Å². The van der Waals surface area contributed by atoms with Crippen LogP contribution < -0.4 is 5.32 Å². The van der Waals surface area contributed by atoms with E-state index in [0.29, 0.717) is 27.5 Å². The van der Waals surface area contributed by atoms with E-state index in [1.54, 1.807) is 45.0 Å². The highest BCUT2D eigenvalue weighted by Crippen LogP contribution is 2.25. The smallest absolute Gasteiger partial charge is 0.355 e. The van der Waals surface area contributed by atoms with Gasteiger partial charge in [-0.1, -0.05) is 23.7 Å². The fourth-order valence-electron chi connectivity index (χ4n) is 2.55. The number of carbonyl (C=O) groups excluding carboxylic acids is 2. The Morgan fingerprint density at radius 1 is 1.33 bits per heavy atom. The molecule has 0 saturated carbocycles. The molecule has 0 saturated heterocycles. The number of benzene rings is 1. The van der Waals surface area contributed by atoms with Gasteiger partial charge >= 0.3 is 5.97 Å². The average Bonchev–Trinajstić information content (AvgIpc) is 2.82. The fourth-order valence-corrected chi connectivity index (χ4v) is 2.73. The molecule has 1 amide bonds. The van der Waals surface area contributed by atoms with E-state index in [1.165, 1.54) is 0 Å². The maximum absolute atomic E-state index is 12.1. The monoisotopic (exact) mass is 350 g/mol. The Morgan fingerprint density at radius 3 is 2.58 bits per heavy atom. The minimum Gasteiger partial charge on any atom is -0.451 e. The van der Waals surface area contributed by atoms with Gasteiger partial charge in [-0.15, -0.1) is 0 Å². The standard InChI is InChI=1S/C17H19ClN2O4/c1-9-15(11(3)21)10(2)19-16(9)17(23)24-8-14(22)20-13-7-5-4-6-12(13)18/h4-7,11,19,21H,8H2,1-3H3,(H,20,22)/t11-/m0/s1. The molecule has 0 bridgehead atoms. The lowest BCUT2D eigenvalue weighted by Crippen LogP contribution is -2.21. The number of aromatic nitrogens is 1. The SMILES string of the molecule is Cc1[nH]c(C(=O)OCC(=O)Nc2ccccc2Cl)c(C)c1[C@H](C)O. The predicted octanol–water partition coefficient (Wildman–Crippen LogP) is 3.13. The number of ether oxygens (including phenoxy) is 1. The second-order valence-electron chi connectivity index (χ2n) is 5.44. The number of aromatic amines is 1. The number of rotatable bonds is 5. The Kier molecular flexibility index (Phi) is 5.64. The molecule has 3 N–H and O–H groups in total. The average molecular weight is 351 g/mol. The Bertz CT molecular complexity index is 768. The largest absolute Gasteiger partial charge is 0.451 e. The minimum atomic E-state index is -0.702. The third kappa shape index (κ3) is 3.96. The van der Waals surface area contributed by atoms with Crippen LogP contribution in [0.4, 0.5) is 5.69 Å². The van der Waals surface area contributed by atoms with Crippen molar-refractivity contribution >= 4 is 29.2 Å². The molecule has 1 atom stereocenters. The highest BCUT2D eigenvalue weighted by molar-refractivity contribution is 6.33. The summed E-state index contributed by atoms with van der Waals surface area (Å²) in [6.07, 6.45) is -0.702. The number of halogens is 1. The van der Waals surface area contributed by atoms with Crippen molar-refractivity contribution in [2.45, 2.75) is 26.9 Å². The maximum atomic E-state index is 12.1. The number of aryl methyl sites for hydroxylation is 1. The number of nitrogens with one attached hydrogen (secondary N) is 2. The van der Waals surface area contributed by atoms with Gasteiger partial charge in [-0.05, 0) is 38.5 Å². The second-order valence-corrected chi connectivity index (χ2v) is 5.85. The molecule has 7 heteroatoms. The van der Waals surface area contributed by atoms with E-state index >= 15 is 0 Å². The van der Waals surface area contributed by atoms with E-state index in [4.69, 9.17) is 16.3 Å². The number of amides is 1. The van der Waals surface area contributed by atoms with E-state index in [1.807, 2.05) is 0 Å². The lowest BCUT2D eigenvalue weighted by molar-refractivity contribution is -0.119. The molecule has 24 heavy (non-hydrogen) atoms. The van der Waals surface area contributed by atoms with E-state index in [9.17, 15) is 14.7 Å². The molecule has 2 aromatic rings. The van der Waals surface area contributed by atoms with Crippen molar-refractivity contribution in [1.82, 2.24) is 4.98 Å². The lowest BCUT2D eigenvalue weighted by Gasteiger charge is -2.08. The molecule has 0 radical (unpaired) electrons. The molecule has 0 unspecified atom stereocenters. The molecule has 1 heterocycles. The molecule has 0 aliphatic rings. The summed E-state index contributed by atoms with van der Waals surface area (Å²) in [4.78, 5) is 26.9. The summed E-state index contributed by atoms with van der Waals surface area (Å²) in [5.74, 6) is -1.15. The predicted molar refractivity (Wildman–Crippen MR) is 91.3 cm³/mol. The lowest BCUT2D eigenvalue weighted by atomic mass is 10.1. The number of anilines is 1. The van der Waals surface area contributed by atoms with Gasteiger partial charge in [-0.2, -0.15) is 0 Å². The summed E-state index contributed by atoms with van der Waals surface area (Å²) < 4.78 is 5.02. The number of aliphatic hydroxyl groups excluding tert-OH is 1. The number of hydrogen-bond acceptors (Lipinski definition) is 4. The van der Waals surface area contributed by atoms with Crippen LogP contribution >= 0.6 is 11.6 Å². The molecule has 2 rings (SSSR count). The highest BCUT2D eigenvalue weighted by Gasteiger charge is 2.21. The van der Waals surface area contributed by atoms with Crippen LogP contribution in [0.1, 0.15) is 40.3 Å². The zero-order valence-electron chi connectivity index (χ0n) is 13.6. The zero-order valence-corrected chi connectivity index (χ0v) is 14.4. The van der Waals surface area contributed by atoms with Crippen LogP contribution in [0.15, 0.2) is 24.3 Å². The molecular weight excluding hydrogens is 332 g/mol. The number of carbonyl (C=O) groups is 2. The molecular formula is C17H19ClN2O4. The van der Waals surface area contributed by atoms with Gasteiger partial charge in [0.1, 0.15) is 5.69 Å². The first-order chi connectivity index (χ1) is 11.3. The van der Waals surface area contributed by atoms with Crippen LogP contribution in [0.25, 0.3) is 0 Å². The van der Waals surface area contributed by atoms with Crippen molar-refractivity contribution in [1.29, 1.82) is 0 Å². The van der Waals surface area contributed by atoms with E-state index in [2.05, 4.69) is 10.3 Å². The minimum absolute atomic E-state index is 0.231. The third-order valence-corrected chi connectivity index (χ3v) is 3.93. The van der Waals surface area contributed by atoms with Gasteiger partial charge in [0.05, 0.1) is 16.8 Å². The number of esters is 1. The molecule has 0 fully saturated rings. The summed E-state index contributed by atoms with van der Waals surface area (Å²) in [5, 5.41) is 12.7. The Hall–Kier alpha value is -2.31. The first-order valence-corrected chi connectivity index (χ1v) is 7.77. The van der Waals surface area contributed by atoms with Gasteiger partial charge in [0, 0.05) is 11.3 Å². The molecule has 0 aliphatic heterocycles. The Labute approximate surface area is 144 Å². The van der Waals surface area contributed by atoms with Crippen molar-refractivity contribution < 1.29 is 19.4 Å². The van der Waals surface area contributed by atoms with E-state index in [0.717, 1.165) is 0 Å². The summed E-state index contributed by atoms with van der Waals surface area (Å²) in [7, 11) is 0. The van der Waals surface area contributed by atoms with Crippen molar-refractivity contribution in [3.8, 4) is 0 Å². The Balaban J connectivity index is 2.00. The van der Waals surface area contributed by atoms with Crippen LogP contribution in [0.5, 0.6) is 0 Å².